The highest BCUT2D eigenvalue weighted by molar-refractivity contribution is 7.47. The van der Waals surface area contributed by atoms with Gasteiger partial charge < -0.3 is 24.2 Å². The number of phosphoric ester groups is 1. The highest BCUT2D eigenvalue weighted by Gasteiger charge is 2.28. The lowest BCUT2D eigenvalue weighted by Crippen LogP contribution is -2.30. The molecule has 0 saturated carbocycles. The summed E-state index contributed by atoms with van der Waals surface area (Å²) in [7, 11) is -4.77. The van der Waals surface area contributed by atoms with Gasteiger partial charge in [-0.2, -0.15) is 0 Å². The quantitative estimate of drug-likeness (QED) is 0.0197. The van der Waals surface area contributed by atoms with E-state index in [1.165, 1.54) is 38.5 Å². The minimum atomic E-state index is -4.77. The van der Waals surface area contributed by atoms with E-state index in [9.17, 15) is 28.9 Å². The first-order valence-electron chi connectivity index (χ1n) is 27.1. The average Bonchev–Trinajstić information content (AvgIpc) is 3.35. The smallest absolute Gasteiger partial charge is 0.462 e. The average molecular weight is 1000 g/mol. The van der Waals surface area contributed by atoms with Gasteiger partial charge in [-0.1, -0.05) is 189 Å². The fourth-order valence-corrected chi connectivity index (χ4v) is 7.61. The van der Waals surface area contributed by atoms with Crippen molar-refractivity contribution in [2.75, 3.05) is 26.4 Å². The van der Waals surface area contributed by atoms with Gasteiger partial charge in [0.1, 0.15) is 12.7 Å². The highest BCUT2D eigenvalue weighted by atomic mass is 31.2. The number of hydrogen-bond acceptors (Lipinski definition) is 10. The molecule has 0 heterocycles. The number of carbonyl (C=O) groups excluding carboxylic acids is 3. The lowest BCUT2D eigenvalue weighted by Gasteiger charge is -2.21. The molecule has 12 heteroatoms. The van der Waals surface area contributed by atoms with Gasteiger partial charge in [0.2, 0.25) is 0 Å². The van der Waals surface area contributed by atoms with Crippen molar-refractivity contribution in [1.29, 1.82) is 0 Å². The van der Waals surface area contributed by atoms with E-state index in [0.29, 0.717) is 19.3 Å². The second-order valence-electron chi connectivity index (χ2n) is 17.7. The van der Waals surface area contributed by atoms with E-state index < -0.39 is 57.8 Å². The zero-order valence-corrected chi connectivity index (χ0v) is 44.8. The van der Waals surface area contributed by atoms with Crippen LogP contribution < -0.4 is 0 Å². The summed E-state index contributed by atoms with van der Waals surface area (Å²) in [5.74, 6) is -1.59. The van der Waals surface area contributed by atoms with Crippen LogP contribution in [-0.4, -0.2) is 66.5 Å². The number of hydrogen-bond donors (Lipinski definition) is 2. The minimum absolute atomic E-state index is 0.0956. The van der Waals surface area contributed by atoms with Crippen molar-refractivity contribution >= 4 is 25.7 Å². The van der Waals surface area contributed by atoms with Crippen LogP contribution in [0, 0.1) is 0 Å². The molecule has 0 radical (unpaired) electrons. The summed E-state index contributed by atoms with van der Waals surface area (Å²) >= 11 is 0. The molecule has 3 unspecified atom stereocenters. The van der Waals surface area contributed by atoms with Crippen LogP contribution in [0.1, 0.15) is 213 Å². The Morgan fingerprint density at radius 3 is 1.24 bits per heavy atom. The molecule has 0 fully saturated rings. The first-order valence-corrected chi connectivity index (χ1v) is 28.6. The van der Waals surface area contributed by atoms with E-state index in [1.807, 2.05) is 12.2 Å². The largest absolute Gasteiger partial charge is 0.472 e. The van der Waals surface area contributed by atoms with E-state index in [4.69, 9.17) is 23.3 Å². The van der Waals surface area contributed by atoms with E-state index >= 15 is 0 Å². The monoisotopic (exact) mass is 1000 g/mol. The molecule has 3 atom stereocenters. The molecule has 0 saturated heterocycles. The normalized spacial score (nSPS) is 14.2. The zero-order valence-electron chi connectivity index (χ0n) is 43.9. The molecule has 400 valence electrons. The predicted octanol–water partition coefficient (Wildman–Crippen LogP) is 15.7. The SMILES string of the molecule is CC/C=C\C/C=C\C/C=C\C/C=C\C/C=C\C/C=C\CCC(=O)OCC(COP(=O)(O)OCC(CO)OC(=O)CCCCCCC/C=C\CCCC)OC(=O)CCCCCCC/C=C\CCCCCC. The molecule has 0 aromatic heterocycles. The third-order valence-electron chi connectivity index (χ3n) is 11.0. The lowest BCUT2D eigenvalue weighted by atomic mass is 10.1. The molecule has 0 spiro atoms. The van der Waals surface area contributed by atoms with E-state index in [-0.39, 0.29) is 25.9 Å². The van der Waals surface area contributed by atoms with Crippen molar-refractivity contribution in [1.82, 2.24) is 0 Å². The summed E-state index contributed by atoms with van der Waals surface area (Å²) in [6.07, 6.45) is 59.6. The topological polar surface area (TPSA) is 155 Å². The van der Waals surface area contributed by atoms with Crippen LogP contribution in [0.25, 0.3) is 0 Å². The van der Waals surface area contributed by atoms with Crippen LogP contribution in [0.5, 0.6) is 0 Å². The van der Waals surface area contributed by atoms with E-state index in [0.717, 1.165) is 116 Å². The van der Waals surface area contributed by atoms with Gasteiger partial charge in [0.25, 0.3) is 0 Å². The summed E-state index contributed by atoms with van der Waals surface area (Å²) in [6, 6.07) is 0. The molecule has 0 aliphatic carbocycles. The molecule has 0 aliphatic rings. The number of aliphatic hydroxyl groups is 1. The lowest BCUT2D eigenvalue weighted by molar-refractivity contribution is -0.161. The number of aliphatic hydroxyl groups excluding tert-OH is 1. The highest BCUT2D eigenvalue weighted by Crippen LogP contribution is 2.43. The minimum Gasteiger partial charge on any atom is -0.462 e. The number of allylic oxidation sites excluding steroid dienone is 16. The number of phosphoric acid groups is 1. The molecule has 70 heavy (non-hydrogen) atoms. The van der Waals surface area contributed by atoms with Crippen LogP contribution in [0.3, 0.4) is 0 Å². The number of rotatable bonds is 49. The predicted molar refractivity (Wildman–Crippen MR) is 288 cm³/mol. The maximum Gasteiger partial charge on any atom is 0.472 e. The first-order chi connectivity index (χ1) is 34.2. The second kappa shape index (κ2) is 51.7. The van der Waals surface area contributed by atoms with Crippen LogP contribution in [0.15, 0.2) is 97.2 Å². The van der Waals surface area contributed by atoms with Gasteiger partial charge in [-0.25, -0.2) is 4.57 Å². The summed E-state index contributed by atoms with van der Waals surface area (Å²) in [5, 5.41) is 9.77. The van der Waals surface area contributed by atoms with Gasteiger partial charge in [-0.3, -0.25) is 23.4 Å². The van der Waals surface area contributed by atoms with Gasteiger partial charge in [0.15, 0.2) is 6.10 Å². The molecular weight excluding hydrogens is 904 g/mol. The van der Waals surface area contributed by atoms with Crippen molar-refractivity contribution in [3.8, 4) is 0 Å². The number of carbonyl (C=O) groups is 3. The third-order valence-corrected chi connectivity index (χ3v) is 11.9. The summed E-state index contributed by atoms with van der Waals surface area (Å²) < 4.78 is 39.3. The molecule has 0 aliphatic heterocycles. The van der Waals surface area contributed by atoms with Crippen molar-refractivity contribution in [3.63, 3.8) is 0 Å². The van der Waals surface area contributed by atoms with E-state index in [1.54, 1.807) is 0 Å². The Morgan fingerprint density at radius 1 is 0.414 bits per heavy atom. The zero-order chi connectivity index (χ0) is 51.3. The molecule has 0 aromatic rings. The Hall–Kier alpha value is -3.60. The van der Waals surface area contributed by atoms with Crippen LogP contribution >= 0.6 is 7.82 Å². The summed E-state index contributed by atoms with van der Waals surface area (Å²) in [6.45, 7) is 4.35. The van der Waals surface area contributed by atoms with Gasteiger partial charge in [0.05, 0.1) is 19.8 Å². The van der Waals surface area contributed by atoms with Crippen LogP contribution in [0.4, 0.5) is 0 Å². The van der Waals surface area contributed by atoms with Crippen LogP contribution in [-0.2, 0) is 42.2 Å². The number of unbranched alkanes of at least 4 members (excludes halogenated alkanes) is 16. The van der Waals surface area contributed by atoms with Gasteiger partial charge in [0, 0.05) is 19.3 Å². The van der Waals surface area contributed by atoms with Crippen molar-refractivity contribution in [3.05, 3.63) is 97.2 Å². The third kappa shape index (κ3) is 49.4. The van der Waals surface area contributed by atoms with Gasteiger partial charge >= 0.3 is 25.7 Å². The maximum atomic E-state index is 12.9. The molecule has 0 rings (SSSR count). The Kier molecular flexibility index (Phi) is 49.1. The fraction of sp³-hybridized carbons (Fsp3) is 0.672. The molecular formula is C58H97O11P. The standard InChI is InChI=1S/C58H97O11P/c1-4-7-10-13-16-19-22-24-25-26-27-28-29-31-33-35-38-41-44-47-56(60)65-51-55(69-58(62)49-46-43-40-37-34-30-23-20-17-14-11-8-5-2)53-67-70(63,64)66-52-54(50-59)68-57(61)48-45-42-39-36-32-21-18-15-12-9-6-3/h7,10,15-16,18-20,23-25,27-28,31,33,38,41,54-55,59H,4-6,8-9,11-14,17,21-22,26,29-30,32,34-37,39-40,42-53H2,1-3H3,(H,63,64)/b10-7-,18-15-,19-16-,23-20-,25-24-,28-27-,33-31-,41-38-. The van der Waals surface area contributed by atoms with Gasteiger partial charge in [-0.05, 0) is 103 Å². The number of ether oxygens (including phenoxy) is 3. The molecule has 2 N–H and O–H groups in total. The van der Waals surface area contributed by atoms with Crippen molar-refractivity contribution < 1.29 is 52.2 Å². The van der Waals surface area contributed by atoms with E-state index in [2.05, 4.69) is 106 Å². The number of esters is 3. The summed E-state index contributed by atoms with van der Waals surface area (Å²) in [4.78, 5) is 48.3. The maximum absolute atomic E-state index is 12.9. The molecule has 11 nitrogen and oxygen atoms in total. The molecule has 0 bridgehead atoms. The van der Waals surface area contributed by atoms with Crippen molar-refractivity contribution in [2.24, 2.45) is 0 Å². The summed E-state index contributed by atoms with van der Waals surface area (Å²) in [5.41, 5.74) is 0. The fourth-order valence-electron chi connectivity index (χ4n) is 6.83. The Bertz CT molecular complexity index is 1540. The molecule has 0 amide bonds. The Balaban J connectivity index is 4.86. The Morgan fingerprint density at radius 2 is 0.786 bits per heavy atom. The molecule has 0 aromatic carbocycles. The van der Waals surface area contributed by atoms with Gasteiger partial charge in [-0.15, -0.1) is 0 Å². The Labute approximate surface area is 425 Å². The first kappa shape index (κ1) is 66.4. The van der Waals surface area contributed by atoms with Crippen LogP contribution in [0.2, 0.25) is 0 Å². The second-order valence-corrected chi connectivity index (χ2v) is 19.1. The van der Waals surface area contributed by atoms with Crippen molar-refractivity contribution in [2.45, 2.75) is 226 Å².